The molecule has 0 aliphatic carbocycles. The van der Waals surface area contributed by atoms with E-state index in [-0.39, 0.29) is 18.6 Å². The van der Waals surface area contributed by atoms with Crippen molar-refractivity contribution >= 4 is 28.8 Å². The average Bonchev–Trinajstić information content (AvgIpc) is 2.66. The molecular formula is C9H12ClNO2S. The molecule has 2 atom stereocenters. The Bertz CT molecular complexity index is 287. The topological polar surface area (TPSA) is 49.3 Å². The van der Waals surface area contributed by atoms with Gasteiger partial charge in [0.05, 0.1) is 12.6 Å². The van der Waals surface area contributed by atoms with Crippen LogP contribution in [-0.4, -0.2) is 23.0 Å². The van der Waals surface area contributed by atoms with E-state index in [0.717, 1.165) is 5.56 Å². The van der Waals surface area contributed by atoms with Crippen LogP contribution in [0.2, 0.25) is 0 Å². The number of alkyl halides is 1. The summed E-state index contributed by atoms with van der Waals surface area (Å²) >= 11 is 7.12. The van der Waals surface area contributed by atoms with Crippen LogP contribution in [0.5, 0.6) is 0 Å². The molecule has 2 unspecified atom stereocenters. The highest BCUT2D eigenvalue weighted by Gasteiger charge is 2.16. The van der Waals surface area contributed by atoms with Crippen molar-refractivity contribution in [1.29, 1.82) is 0 Å². The van der Waals surface area contributed by atoms with E-state index in [2.05, 4.69) is 5.32 Å². The van der Waals surface area contributed by atoms with Gasteiger partial charge in [-0.05, 0) is 29.3 Å². The zero-order valence-electron chi connectivity index (χ0n) is 7.74. The number of amides is 1. The first-order valence-electron chi connectivity index (χ1n) is 4.22. The molecule has 1 heterocycles. The highest BCUT2D eigenvalue weighted by molar-refractivity contribution is 7.07. The van der Waals surface area contributed by atoms with Gasteiger partial charge in [-0.3, -0.25) is 4.79 Å². The second-order valence-corrected chi connectivity index (χ2v) is 4.35. The molecule has 2 N–H and O–H groups in total. The molecule has 0 spiro atoms. The summed E-state index contributed by atoms with van der Waals surface area (Å²) in [7, 11) is 0. The molecule has 1 amide bonds. The van der Waals surface area contributed by atoms with Crippen LogP contribution in [0.25, 0.3) is 0 Å². The number of carbonyl (C=O) groups excluding carboxylic acids is 1. The first-order valence-corrected chi connectivity index (χ1v) is 5.60. The predicted molar refractivity (Wildman–Crippen MR) is 57.6 cm³/mol. The third-order valence-electron chi connectivity index (χ3n) is 1.81. The Labute approximate surface area is 91.7 Å². The molecule has 78 valence electrons. The van der Waals surface area contributed by atoms with Gasteiger partial charge in [0.2, 0.25) is 5.91 Å². The molecule has 3 nitrogen and oxygen atoms in total. The molecule has 0 saturated heterocycles. The van der Waals surface area contributed by atoms with Gasteiger partial charge in [-0.15, -0.1) is 11.6 Å². The fraction of sp³-hybridized carbons (Fsp3) is 0.444. The maximum Gasteiger partial charge on any atom is 0.238 e. The lowest BCUT2D eigenvalue weighted by atomic mass is 10.1. The molecule has 0 bridgehead atoms. The van der Waals surface area contributed by atoms with Gasteiger partial charge in [-0.1, -0.05) is 0 Å². The van der Waals surface area contributed by atoms with Gasteiger partial charge in [0.1, 0.15) is 5.38 Å². The zero-order chi connectivity index (χ0) is 10.6. The van der Waals surface area contributed by atoms with Crippen molar-refractivity contribution in [3.05, 3.63) is 22.4 Å². The van der Waals surface area contributed by atoms with Gasteiger partial charge in [-0.25, -0.2) is 0 Å². The lowest BCUT2D eigenvalue weighted by molar-refractivity contribution is -0.121. The summed E-state index contributed by atoms with van der Waals surface area (Å²) in [6.45, 7) is 1.48. The maximum atomic E-state index is 11.3. The Morgan fingerprint density at radius 2 is 2.50 bits per heavy atom. The number of nitrogens with one attached hydrogen (secondary N) is 1. The van der Waals surface area contributed by atoms with E-state index in [1.807, 2.05) is 16.8 Å². The zero-order valence-corrected chi connectivity index (χ0v) is 9.31. The van der Waals surface area contributed by atoms with Crippen LogP contribution in [0.4, 0.5) is 0 Å². The molecule has 5 heteroatoms. The first kappa shape index (κ1) is 11.5. The Balaban J connectivity index is 2.61. The summed E-state index contributed by atoms with van der Waals surface area (Å²) < 4.78 is 0. The SMILES string of the molecule is CC(Cl)C(=O)NC(CO)c1ccsc1. The Hall–Kier alpha value is -0.580. The minimum atomic E-state index is -0.581. The van der Waals surface area contributed by atoms with Crippen LogP contribution in [-0.2, 0) is 4.79 Å². The molecule has 1 aromatic heterocycles. The van der Waals surface area contributed by atoms with E-state index in [9.17, 15) is 4.79 Å². The van der Waals surface area contributed by atoms with E-state index >= 15 is 0 Å². The number of aliphatic hydroxyl groups excluding tert-OH is 1. The van der Waals surface area contributed by atoms with Crippen molar-refractivity contribution in [2.45, 2.75) is 18.3 Å². The van der Waals surface area contributed by atoms with Crippen molar-refractivity contribution in [3.63, 3.8) is 0 Å². The fourth-order valence-corrected chi connectivity index (χ4v) is 1.77. The van der Waals surface area contributed by atoms with Crippen LogP contribution in [0, 0.1) is 0 Å². The van der Waals surface area contributed by atoms with Gasteiger partial charge in [0.15, 0.2) is 0 Å². The summed E-state index contributed by atoms with van der Waals surface area (Å²) in [4.78, 5) is 11.3. The van der Waals surface area contributed by atoms with E-state index in [1.54, 1.807) is 6.92 Å². The molecule has 14 heavy (non-hydrogen) atoms. The van der Waals surface area contributed by atoms with E-state index < -0.39 is 5.38 Å². The number of carbonyl (C=O) groups is 1. The average molecular weight is 234 g/mol. The lowest BCUT2D eigenvalue weighted by Gasteiger charge is -2.15. The van der Waals surface area contributed by atoms with E-state index in [1.165, 1.54) is 11.3 Å². The molecule has 0 aliphatic rings. The molecule has 0 aromatic carbocycles. The predicted octanol–water partition coefficient (Wildman–Crippen LogP) is 1.53. The molecule has 0 saturated carbocycles. The smallest absolute Gasteiger partial charge is 0.238 e. The van der Waals surface area contributed by atoms with Crippen molar-refractivity contribution in [2.24, 2.45) is 0 Å². The van der Waals surface area contributed by atoms with E-state index in [0.29, 0.717) is 0 Å². The van der Waals surface area contributed by atoms with Crippen LogP contribution < -0.4 is 5.32 Å². The minimum absolute atomic E-state index is 0.119. The molecule has 0 radical (unpaired) electrons. The fourth-order valence-electron chi connectivity index (χ4n) is 0.994. The van der Waals surface area contributed by atoms with Gasteiger partial charge in [0, 0.05) is 0 Å². The molecule has 0 fully saturated rings. The summed E-state index contributed by atoms with van der Waals surface area (Å²) in [5, 5.41) is 14.9. The summed E-state index contributed by atoms with van der Waals surface area (Å²) in [5.41, 5.74) is 0.906. The monoisotopic (exact) mass is 233 g/mol. The normalized spacial score (nSPS) is 14.8. The third kappa shape index (κ3) is 2.97. The Morgan fingerprint density at radius 1 is 1.79 bits per heavy atom. The summed E-state index contributed by atoms with van der Waals surface area (Å²) in [5.74, 6) is -0.267. The maximum absolute atomic E-state index is 11.3. The quantitative estimate of drug-likeness (QED) is 0.775. The number of thiophene rings is 1. The second kappa shape index (κ2) is 5.34. The highest BCUT2D eigenvalue weighted by atomic mass is 35.5. The second-order valence-electron chi connectivity index (χ2n) is 2.92. The standard InChI is InChI=1S/C9H12ClNO2S/c1-6(10)9(13)11-8(4-12)7-2-3-14-5-7/h2-3,5-6,8,12H,4H2,1H3,(H,11,13). The number of hydrogen-bond acceptors (Lipinski definition) is 3. The molecule has 1 aromatic rings. The first-order chi connectivity index (χ1) is 6.65. The van der Waals surface area contributed by atoms with Crippen molar-refractivity contribution in [1.82, 2.24) is 5.32 Å². The van der Waals surface area contributed by atoms with Crippen molar-refractivity contribution < 1.29 is 9.90 Å². The molecule has 1 rings (SSSR count). The molecular weight excluding hydrogens is 222 g/mol. The largest absolute Gasteiger partial charge is 0.394 e. The van der Waals surface area contributed by atoms with Gasteiger partial charge in [-0.2, -0.15) is 11.3 Å². The van der Waals surface area contributed by atoms with Gasteiger partial charge < -0.3 is 10.4 Å². The summed E-state index contributed by atoms with van der Waals surface area (Å²) in [6, 6.07) is 1.51. The van der Waals surface area contributed by atoms with Gasteiger partial charge in [0.25, 0.3) is 0 Å². The van der Waals surface area contributed by atoms with Crippen LogP contribution in [0.3, 0.4) is 0 Å². The minimum Gasteiger partial charge on any atom is -0.394 e. The van der Waals surface area contributed by atoms with Crippen LogP contribution in [0.15, 0.2) is 16.8 Å². The van der Waals surface area contributed by atoms with Gasteiger partial charge >= 0.3 is 0 Å². The Kier molecular flexibility index (Phi) is 4.38. The molecule has 0 aliphatic heterocycles. The highest BCUT2D eigenvalue weighted by Crippen LogP contribution is 2.16. The van der Waals surface area contributed by atoms with E-state index in [4.69, 9.17) is 16.7 Å². The van der Waals surface area contributed by atoms with Crippen molar-refractivity contribution in [3.8, 4) is 0 Å². The van der Waals surface area contributed by atoms with Crippen molar-refractivity contribution in [2.75, 3.05) is 6.61 Å². The number of aliphatic hydroxyl groups is 1. The van der Waals surface area contributed by atoms with Crippen LogP contribution >= 0.6 is 22.9 Å². The number of hydrogen-bond donors (Lipinski definition) is 2. The van der Waals surface area contributed by atoms with Crippen LogP contribution in [0.1, 0.15) is 18.5 Å². The number of halogens is 1. The number of rotatable bonds is 4. The lowest BCUT2D eigenvalue weighted by Crippen LogP contribution is -2.34. The Morgan fingerprint density at radius 3 is 2.93 bits per heavy atom. The third-order valence-corrected chi connectivity index (χ3v) is 2.71. The summed E-state index contributed by atoms with van der Waals surface area (Å²) in [6.07, 6.45) is 0.